The van der Waals surface area contributed by atoms with Crippen molar-refractivity contribution in [3.63, 3.8) is 0 Å². The first-order chi connectivity index (χ1) is 8.51. The van der Waals surface area contributed by atoms with E-state index < -0.39 is 0 Å². The molecule has 1 N–H and O–H groups in total. The van der Waals surface area contributed by atoms with Gasteiger partial charge in [-0.05, 0) is 52.9 Å². The van der Waals surface area contributed by atoms with E-state index in [-0.39, 0.29) is 18.3 Å². The second-order valence-electron chi connectivity index (χ2n) is 5.68. The van der Waals surface area contributed by atoms with E-state index in [0.29, 0.717) is 0 Å². The van der Waals surface area contributed by atoms with Crippen molar-refractivity contribution in [3.8, 4) is 0 Å². The highest BCUT2D eigenvalue weighted by Crippen LogP contribution is 2.40. The molecule has 0 radical (unpaired) electrons. The van der Waals surface area contributed by atoms with E-state index in [9.17, 15) is 0 Å². The third kappa shape index (κ3) is 4.95. The average Bonchev–Trinajstić information content (AvgIpc) is 2.98. The lowest BCUT2D eigenvalue weighted by molar-refractivity contribution is 0.235. The molecule has 0 bridgehead atoms. The molecule has 1 rings (SSSR count). The number of hydrogen-bond donors (Lipinski definition) is 1. The molecule has 1 saturated heterocycles. The van der Waals surface area contributed by atoms with Crippen molar-refractivity contribution in [2.75, 3.05) is 6.61 Å². The first-order valence-corrected chi connectivity index (χ1v) is 7.11. The topological polar surface area (TPSA) is 32.8 Å². The molecular weight excluding hydrogens is 224 g/mol. The van der Waals surface area contributed by atoms with Crippen LogP contribution in [0.5, 0.6) is 0 Å². The summed E-state index contributed by atoms with van der Waals surface area (Å²) in [6.07, 6.45) is 10.3. The summed E-state index contributed by atoms with van der Waals surface area (Å²) in [6, 6.07) is 0. The highest BCUT2D eigenvalue weighted by molar-refractivity contribution is 5.06. The number of epoxide rings is 1. The molecule has 2 nitrogen and oxygen atoms in total. The zero-order valence-electron chi connectivity index (χ0n) is 12.3. The standard InChI is InChI=1S/C16H28O2/c1-5-14(9-6-8-13(2)3)10-7-11-16(4)15(12-17)18-16/h8,10,15,17H,5-7,9,11-12H2,1-4H3/b14-10-/t15-,16-/m0/s1. The Labute approximate surface area is 112 Å². The van der Waals surface area contributed by atoms with Gasteiger partial charge in [0.05, 0.1) is 12.2 Å². The highest BCUT2D eigenvalue weighted by Gasteiger charge is 2.50. The van der Waals surface area contributed by atoms with E-state index in [4.69, 9.17) is 9.84 Å². The van der Waals surface area contributed by atoms with Crippen LogP contribution in [0.1, 0.15) is 59.8 Å². The van der Waals surface area contributed by atoms with Gasteiger partial charge in [-0.25, -0.2) is 0 Å². The molecule has 2 heteroatoms. The van der Waals surface area contributed by atoms with Gasteiger partial charge in [0.1, 0.15) is 6.10 Å². The van der Waals surface area contributed by atoms with Crippen LogP contribution in [0.25, 0.3) is 0 Å². The molecule has 0 aliphatic carbocycles. The second kappa shape index (κ2) is 7.10. The van der Waals surface area contributed by atoms with Gasteiger partial charge < -0.3 is 9.84 Å². The van der Waals surface area contributed by atoms with Crippen molar-refractivity contribution in [1.82, 2.24) is 0 Å². The molecule has 0 amide bonds. The molecular formula is C16H28O2. The Morgan fingerprint density at radius 2 is 2.00 bits per heavy atom. The minimum absolute atomic E-state index is 0.0655. The zero-order chi connectivity index (χ0) is 13.6. The Kier molecular flexibility index (Phi) is 6.10. The molecule has 1 fully saturated rings. The molecule has 0 aromatic heterocycles. The van der Waals surface area contributed by atoms with Gasteiger partial charge in [-0.1, -0.05) is 30.2 Å². The highest BCUT2D eigenvalue weighted by atomic mass is 16.6. The maximum absolute atomic E-state index is 9.02. The number of ether oxygens (including phenoxy) is 1. The number of allylic oxidation sites excluding steroid dienone is 4. The van der Waals surface area contributed by atoms with Crippen LogP contribution >= 0.6 is 0 Å². The van der Waals surface area contributed by atoms with E-state index in [1.165, 1.54) is 17.6 Å². The van der Waals surface area contributed by atoms with Crippen LogP contribution in [0.15, 0.2) is 23.3 Å². The fourth-order valence-electron chi connectivity index (χ4n) is 2.27. The van der Waals surface area contributed by atoms with Crippen LogP contribution < -0.4 is 0 Å². The molecule has 2 atom stereocenters. The van der Waals surface area contributed by atoms with Crippen LogP contribution in [0.2, 0.25) is 0 Å². The van der Waals surface area contributed by atoms with E-state index in [1.807, 2.05) is 0 Å². The lowest BCUT2D eigenvalue weighted by atomic mass is 9.99. The molecule has 1 heterocycles. The van der Waals surface area contributed by atoms with E-state index in [0.717, 1.165) is 25.7 Å². The monoisotopic (exact) mass is 252 g/mol. The van der Waals surface area contributed by atoms with Crippen molar-refractivity contribution in [2.24, 2.45) is 0 Å². The lowest BCUT2D eigenvalue weighted by Crippen LogP contribution is -2.11. The molecule has 0 spiro atoms. The molecule has 0 saturated carbocycles. The van der Waals surface area contributed by atoms with Crippen LogP contribution in [-0.2, 0) is 4.74 Å². The fourth-order valence-corrected chi connectivity index (χ4v) is 2.27. The van der Waals surface area contributed by atoms with Crippen molar-refractivity contribution in [1.29, 1.82) is 0 Å². The number of aliphatic hydroxyl groups excluding tert-OH is 1. The largest absolute Gasteiger partial charge is 0.394 e. The zero-order valence-corrected chi connectivity index (χ0v) is 12.3. The normalized spacial score (nSPS) is 27.2. The fraction of sp³-hybridized carbons (Fsp3) is 0.750. The summed E-state index contributed by atoms with van der Waals surface area (Å²) in [4.78, 5) is 0. The van der Waals surface area contributed by atoms with Crippen LogP contribution in [0.3, 0.4) is 0 Å². The van der Waals surface area contributed by atoms with Crippen molar-refractivity contribution in [2.45, 2.75) is 71.5 Å². The number of aliphatic hydroxyl groups is 1. The lowest BCUT2D eigenvalue weighted by Gasteiger charge is -2.06. The summed E-state index contributed by atoms with van der Waals surface area (Å²) < 4.78 is 5.49. The summed E-state index contributed by atoms with van der Waals surface area (Å²) in [5.74, 6) is 0. The van der Waals surface area contributed by atoms with Crippen LogP contribution in [0.4, 0.5) is 0 Å². The van der Waals surface area contributed by atoms with E-state index in [1.54, 1.807) is 0 Å². The Balaban J connectivity index is 2.28. The average molecular weight is 252 g/mol. The first kappa shape index (κ1) is 15.5. The third-order valence-corrected chi connectivity index (χ3v) is 3.75. The minimum atomic E-state index is -0.0655. The Hall–Kier alpha value is -0.600. The first-order valence-electron chi connectivity index (χ1n) is 7.11. The van der Waals surface area contributed by atoms with Crippen molar-refractivity contribution < 1.29 is 9.84 Å². The SMILES string of the molecule is CC/C(=C/CC[C@]1(C)O[C@H]1CO)CCC=C(C)C. The third-order valence-electron chi connectivity index (χ3n) is 3.75. The van der Waals surface area contributed by atoms with Crippen molar-refractivity contribution >= 4 is 0 Å². The van der Waals surface area contributed by atoms with Crippen molar-refractivity contribution in [3.05, 3.63) is 23.3 Å². The molecule has 0 unspecified atom stereocenters. The van der Waals surface area contributed by atoms with Gasteiger partial charge in [0.25, 0.3) is 0 Å². The van der Waals surface area contributed by atoms with E-state index >= 15 is 0 Å². The molecule has 1 aliphatic heterocycles. The summed E-state index contributed by atoms with van der Waals surface area (Å²) in [5.41, 5.74) is 2.87. The molecule has 1 aliphatic rings. The van der Waals surface area contributed by atoms with Gasteiger partial charge in [-0.3, -0.25) is 0 Å². The van der Waals surface area contributed by atoms with Gasteiger partial charge in [0, 0.05) is 0 Å². The summed E-state index contributed by atoms with van der Waals surface area (Å²) in [5, 5.41) is 9.02. The van der Waals surface area contributed by atoms with Gasteiger partial charge in [0.15, 0.2) is 0 Å². The second-order valence-corrected chi connectivity index (χ2v) is 5.68. The maximum atomic E-state index is 9.02. The quantitative estimate of drug-likeness (QED) is 0.523. The predicted octanol–water partition coefficient (Wildman–Crippen LogP) is 4.00. The van der Waals surface area contributed by atoms with Gasteiger partial charge in [-0.15, -0.1) is 0 Å². The predicted molar refractivity (Wildman–Crippen MR) is 76.6 cm³/mol. The molecule has 18 heavy (non-hydrogen) atoms. The smallest absolute Gasteiger partial charge is 0.110 e. The van der Waals surface area contributed by atoms with Gasteiger partial charge in [-0.2, -0.15) is 0 Å². The Morgan fingerprint density at radius 3 is 2.50 bits per heavy atom. The Bertz CT molecular complexity index is 313. The van der Waals surface area contributed by atoms with E-state index in [2.05, 4.69) is 39.8 Å². The Morgan fingerprint density at radius 1 is 1.28 bits per heavy atom. The molecule has 104 valence electrons. The van der Waals surface area contributed by atoms with Gasteiger partial charge >= 0.3 is 0 Å². The minimum Gasteiger partial charge on any atom is -0.394 e. The molecule has 0 aromatic carbocycles. The van der Waals surface area contributed by atoms with Crippen LogP contribution in [0, 0.1) is 0 Å². The maximum Gasteiger partial charge on any atom is 0.110 e. The van der Waals surface area contributed by atoms with Crippen LogP contribution in [-0.4, -0.2) is 23.4 Å². The summed E-state index contributed by atoms with van der Waals surface area (Å²) in [6.45, 7) is 8.77. The molecule has 0 aromatic rings. The summed E-state index contributed by atoms with van der Waals surface area (Å²) in [7, 11) is 0. The summed E-state index contributed by atoms with van der Waals surface area (Å²) >= 11 is 0. The number of hydrogen-bond acceptors (Lipinski definition) is 2. The number of rotatable bonds is 8. The van der Waals surface area contributed by atoms with Gasteiger partial charge in [0.2, 0.25) is 0 Å².